The molecule has 0 N–H and O–H groups in total. The number of hydrogen-bond donors (Lipinski definition) is 0. The summed E-state index contributed by atoms with van der Waals surface area (Å²) in [5, 5.41) is 0. The largest absolute Gasteiger partial charge is 0.298 e. The van der Waals surface area contributed by atoms with Crippen molar-refractivity contribution in [3.63, 3.8) is 0 Å². The van der Waals surface area contributed by atoms with Crippen LogP contribution in [0.3, 0.4) is 0 Å². The van der Waals surface area contributed by atoms with Gasteiger partial charge in [-0.2, -0.15) is 0 Å². The number of rotatable bonds is 5. The van der Waals surface area contributed by atoms with Crippen LogP contribution in [0.1, 0.15) is 46.5 Å². The lowest BCUT2D eigenvalue weighted by Gasteiger charge is -2.32. The highest BCUT2D eigenvalue weighted by Crippen LogP contribution is 2.34. The normalized spacial score (nSPS) is 21.2. The predicted octanol–water partition coefficient (Wildman–Crippen LogP) is 2.99. The Morgan fingerprint density at radius 2 is 1.94 bits per heavy atom. The van der Waals surface area contributed by atoms with Gasteiger partial charge in [0.1, 0.15) is 17.5 Å². The van der Waals surface area contributed by atoms with Gasteiger partial charge in [0.25, 0.3) is 0 Å². The Hall–Kier alpha value is -1.25. The average Bonchev–Trinajstić information content (AvgIpc) is 2.23. The summed E-state index contributed by atoms with van der Waals surface area (Å²) in [6, 6.07) is 0. The van der Waals surface area contributed by atoms with Gasteiger partial charge in [0.2, 0.25) is 0 Å². The lowest BCUT2D eigenvalue weighted by Crippen LogP contribution is -2.41. The van der Waals surface area contributed by atoms with Crippen LogP contribution in [0.2, 0.25) is 0 Å². The van der Waals surface area contributed by atoms with Gasteiger partial charge >= 0.3 is 0 Å². The maximum atomic E-state index is 12.2. The molecule has 100 valence electrons. The van der Waals surface area contributed by atoms with E-state index in [9.17, 15) is 9.59 Å². The molecular formula is C15H23NO2. The maximum Gasteiger partial charge on any atom is 0.149 e. The van der Waals surface area contributed by atoms with E-state index in [1.807, 2.05) is 20.8 Å². The van der Waals surface area contributed by atoms with Gasteiger partial charge in [0.05, 0.1) is 6.54 Å². The van der Waals surface area contributed by atoms with Gasteiger partial charge in [-0.3, -0.25) is 14.6 Å². The molecule has 0 radical (unpaired) electrons. The third kappa shape index (κ3) is 3.62. The van der Waals surface area contributed by atoms with Gasteiger partial charge < -0.3 is 0 Å². The number of ketones is 2. The van der Waals surface area contributed by atoms with Crippen LogP contribution >= 0.6 is 0 Å². The van der Waals surface area contributed by atoms with Crippen LogP contribution in [-0.2, 0) is 9.59 Å². The first kappa shape index (κ1) is 14.8. The van der Waals surface area contributed by atoms with Crippen LogP contribution in [0, 0.1) is 11.3 Å². The van der Waals surface area contributed by atoms with Crippen LogP contribution in [-0.4, -0.2) is 23.8 Å². The number of aliphatic imine (C=N–C) groups is 1. The summed E-state index contributed by atoms with van der Waals surface area (Å²) in [4.78, 5) is 28.7. The van der Waals surface area contributed by atoms with E-state index in [0.29, 0.717) is 19.4 Å². The third-order valence-electron chi connectivity index (χ3n) is 3.21. The molecule has 1 saturated carbocycles. The minimum Gasteiger partial charge on any atom is -0.298 e. The first-order chi connectivity index (χ1) is 8.41. The molecule has 0 aromatic heterocycles. The fourth-order valence-corrected chi connectivity index (χ4v) is 2.51. The lowest BCUT2D eigenvalue weighted by molar-refractivity contribution is -0.136. The quantitative estimate of drug-likeness (QED) is 0.427. The van der Waals surface area contributed by atoms with E-state index in [1.165, 1.54) is 0 Å². The van der Waals surface area contributed by atoms with E-state index < -0.39 is 5.92 Å². The molecule has 0 spiro atoms. The van der Waals surface area contributed by atoms with E-state index in [1.54, 1.807) is 6.08 Å². The predicted molar refractivity (Wildman–Crippen MR) is 73.9 cm³/mol. The van der Waals surface area contributed by atoms with E-state index in [2.05, 4.69) is 11.6 Å². The first-order valence-corrected chi connectivity index (χ1v) is 6.61. The van der Waals surface area contributed by atoms with Crippen LogP contribution in [0.4, 0.5) is 0 Å². The average molecular weight is 249 g/mol. The zero-order valence-corrected chi connectivity index (χ0v) is 11.7. The second-order valence-corrected chi connectivity index (χ2v) is 5.75. The molecule has 0 saturated heterocycles. The summed E-state index contributed by atoms with van der Waals surface area (Å²) in [6.07, 6.45) is 4.25. The molecule has 0 atom stereocenters. The summed E-state index contributed by atoms with van der Waals surface area (Å²) in [7, 11) is 0. The molecule has 3 nitrogen and oxygen atoms in total. The number of carbonyl (C=O) groups excluding carboxylic acids is 2. The molecule has 0 amide bonds. The Kier molecular flexibility index (Phi) is 5.00. The van der Waals surface area contributed by atoms with E-state index in [0.717, 1.165) is 18.6 Å². The highest BCUT2D eigenvalue weighted by Gasteiger charge is 2.41. The van der Waals surface area contributed by atoms with Crippen molar-refractivity contribution in [3.05, 3.63) is 12.7 Å². The maximum absolute atomic E-state index is 12.2. The van der Waals surface area contributed by atoms with Crippen molar-refractivity contribution >= 4 is 17.3 Å². The molecule has 0 bridgehead atoms. The minimum atomic E-state index is -0.585. The van der Waals surface area contributed by atoms with Crippen LogP contribution in [0.5, 0.6) is 0 Å². The van der Waals surface area contributed by atoms with Crippen molar-refractivity contribution in [1.82, 2.24) is 0 Å². The molecule has 0 heterocycles. The summed E-state index contributed by atoms with van der Waals surface area (Å²) in [5.74, 6) is -0.516. The summed E-state index contributed by atoms with van der Waals surface area (Å²) < 4.78 is 0. The number of hydrogen-bond acceptors (Lipinski definition) is 3. The van der Waals surface area contributed by atoms with Crippen LogP contribution in [0.15, 0.2) is 17.6 Å². The Morgan fingerprint density at radius 3 is 2.39 bits per heavy atom. The van der Waals surface area contributed by atoms with Gasteiger partial charge in [0.15, 0.2) is 0 Å². The number of Topliss-reactive ketones (excluding diaryl/α,β-unsaturated/α-hetero) is 2. The monoisotopic (exact) mass is 249 g/mol. The van der Waals surface area contributed by atoms with Gasteiger partial charge in [0, 0.05) is 18.6 Å². The SMILES string of the molecule is C=CCN=C(CCC)C1C(=O)CC(C)(C)CC1=O. The van der Waals surface area contributed by atoms with Crippen molar-refractivity contribution in [2.75, 3.05) is 6.54 Å². The first-order valence-electron chi connectivity index (χ1n) is 6.61. The van der Waals surface area contributed by atoms with Crippen molar-refractivity contribution in [1.29, 1.82) is 0 Å². The van der Waals surface area contributed by atoms with Crippen LogP contribution < -0.4 is 0 Å². The molecule has 1 rings (SSSR count). The fourth-order valence-electron chi connectivity index (χ4n) is 2.51. The standard InChI is InChI=1S/C15H23NO2/c1-5-7-11(16-8-6-2)14-12(17)9-15(3,4)10-13(14)18/h6,14H,2,5,7-10H2,1,3-4H3. The molecule has 0 aromatic rings. The lowest BCUT2D eigenvalue weighted by atomic mass is 9.70. The van der Waals surface area contributed by atoms with Crippen LogP contribution in [0.25, 0.3) is 0 Å². The highest BCUT2D eigenvalue weighted by molar-refractivity contribution is 6.22. The number of nitrogens with zero attached hydrogens (tertiary/aromatic N) is 1. The smallest absolute Gasteiger partial charge is 0.149 e. The molecule has 1 fully saturated rings. The zero-order valence-electron chi connectivity index (χ0n) is 11.7. The molecule has 1 aliphatic rings. The highest BCUT2D eigenvalue weighted by atomic mass is 16.2. The van der Waals surface area contributed by atoms with Gasteiger partial charge in [-0.15, -0.1) is 6.58 Å². The summed E-state index contributed by atoms with van der Waals surface area (Å²) in [5.41, 5.74) is 0.559. The molecule has 0 unspecified atom stereocenters. The molecule has 0 aromatic carbocycles. The fraction of sp³-hybridized carbons (Fsp3) is 0.667. The second kappa shape index (κ2) is 6.07. The summed E-state index contributed by atoms with van der Waals surface area (Å²) >= 11 is 0. The van der Waals surface area contributed by atoms with Gasteiger partial charge in [-0.25, -0.2) is 0 Å². The Labute approximate surface area is 109 Å². The Morgan fingerprint density at radius 1 is 1.39 bits per heavy atom. The molecular weight excluding hydrogens is 226 g/mol. The molecule has 18 heavy (non-hydrogen) atoms. The zero-order chi connectivity index (χ0) is 13.8. The van der Waals surface area contributed by atoms with E-state index in [4.69, 9.17) is 0 Å². The van der Waals surface area contributed by atoms with Gasteiger partial charge in [-0.1, -0.05) is 33.3 Å². The van der Waals surface area contributed by atoms with Crippen molar-refractivity contribution in [2.24, 2.45) is 16.3 Å². The van der Waals surface area contributed by atoms with Crippen molar-refractivity contribution in [3.8, 4) is 0 Å². The second-order valence-electron chi connectivity index (χ2n) is 5.75. The van der Waals surface area contributed by atoms with E-state index in [-0.39, 0.29) is 17.0 Å². The minimum absolute atomic E-state index is 0.0347. The van der Waals surface area contributed by atoms with E-state index >= 15 is 0 Å². The molecule has 1 aliphatic carbocycles. The number of carbonyl (C=O) groups is 2. The van der Waals surface area contributed by atoms with Crippen molar-refractivity contribution in [2.45, 2.75) is 46.5 Å². The van der Waals surface area contributed by atoms with Gasteiger partial charge in [-0.05, 0) is 11.8 Å². The Bertz CT molecular complexity index is 360. The Balaban J connectivity index is 2.94. The van der Waals surface area contributed by atoms with Crippen molar-refractivity contribution < 1.29 is 9.59 Å². The topological polar surface area (TPSA) is 46.5 Å². The molecule has 0 aliphatic heterocycles. The molecule has 3 heteroatoms. The third-order valence-corrected chi connectivity index (χ3v) is 3.21. The summed E-state index contributed by atoms with van der Waals surface area (Å²) in [6.45, 7) is 10.1.